The minimum Gasteiger partial charge on any atom is -0.497 e. The van der Waals surface area contributed by atoms with Crippen molar-refractivity contribution < 1.29 is 28.5 Å². The summed E-state index contributed by atoms with van der Waals surface area (Å²) < 4.78 is 25.6. The fourth-order valence-electron chi connectivity index (χ4n) is 7.43. The van der Waals surface area contributed by atoms with Crippen molar-refractivity contribution in [2.45, 2.75) is 77.5 Å². The number of carbonyl (C=O) groups excluding carboxylic acids is 2. The van der Waals surface area contributed by atoms with E-state index in [0.29, 0.717) is 45.1 Å². The Balaban J connectivity index is 1.11. The van der Waals surface area contributed by atoms with Crippen molar-refractivity contribution in [1.29, 1.82) is 0 Å². The van der Waals surface area contributed by atoms with Gasteiger partial charge in [-0.05, 0) is 94.8 Å². The van der Waals surface area contributed by atoms with Crippen LogP contribution in [-0.4, -0.2) is 90.1 Å². The van der Waals surface area contributed by atoms with Gasteiger partial charge in [-0.15, -0.1) is 0 Å². The van der Waals surface area contributed by atoms with E-state index in [2.05, 4.69) is 49.2 Å². The number of hydrogen-bond acceptors (Lipinski definition) is 8. The molecule has 2 saturated heterocycles. The molecule has 11 heteroatoms. The number of aromatic nitrogens is 2. The second-order valence-electron chi connectivity index (χ2n) is 15.4. The molecule has 3 aliphatic rings. The van der Waals surface area contributed by atoms with Gasteiger partial charge in [-0.3, -0.25) is 4.79 Å². The lowest BCUT2D eigenvalue weighted by Crippen LogP contribution is -2.50. The van der Waals surface area contributed by atoms with Crippen LogP contribution in [0.5, 0.6) is 17.2 Å². The quantitative estimate of drug-likeness (QED) is 0.169. The van der Waals surface area contributed by atoms with Crippen LogP contribution in [0.4, 0.5) is 10.5 Å². The molecule has 0 bridgehead atoms. The number of carbonyl (C=O) groups is 2. The molecule has 2 aromatic heterocycles. The van der Waals surface area contributed by atoms with Crippen molar-refractivity contribution in [2.24, 2.45) is 5.92 Å². The number of likely N-dealkylation sites (tertiary alicyclic amines) is 1. The standard InChI is InChI=1S/C41H51N5O6/c1-26(28-10-13-33(49-6)14-11-28)45-24-31(22-38(45)47)27(2)51-37-21-32(25-46-39(37)34(23-42-46)29-8-9-29)30-12-15-35(36(20-30)50-7)43-16-18-44(19-17-43)40(48)52-41(3,4)5/h10-15,20-21,23,25-27,29,31H,8-9,16-19,22,24H2,1-7H3/t26-,27-,31?/m1/s1. The molecule has 4 aromatic rings. The number of methoxy groups -OCH3 is 2. The monoisotopic (exact) mass is 709 g/mol. The summed E-state index contributed by atoms with van der Waals surface area (Å²) >= 11 is 0. The summed E-state index contributed by atoms with van der Waals surface area (Å²) in [5, 5.41) is 4.79. The number of benzene rings is 2. The third kappa shape index (κ3) is 7.36. The summed E-state index contributed by atoms with van der Waals surface area (Å²) in [5.41, 5.74) is 5.68. The molecular weight excluding hydrogens is 658 g/mol. The maximum absolute atomic E-state index is 13.3. The third-order valence-corrected chi connectivity index (χ3v) is 10.6. The van der Waals surface area contributed by atoms with Crippen LogP contribution in [0.3, 0.4) is 0 Å². The molecule has 4 heterocycles. The van der Waals surface area contributed by atoms with Gasteiger partial charge in [0.05, 0.1) is 32.1 Å². The number of ether oxygens (including phenoxy) is 4. The molecule has 2 aromatic carbocycles. The number of amides is 2. The second kappa shape index (κ2) is 14.2. The van der Waals surface area contributed by atoms with Gasteiger partial charge in [-0.2, -0.15) is 5.10 Å². The summed E-state index contributed by atoms with van der Waals surface area (Å²) in [6, 6.07) is 16.3. The summed E-state index contributed by atoms with van der Waals surface area (Å²) in [4.78, 5) is 32.0. The average molecular weight is 710 g/mol. The van der Waals surface area contributed by atoms with Gasteiger partial charge in [0.1, 0.15) is 34.5 Å². The largest absolute Gasteiger partial charge is 0.497 e. The van der Waals surface area contributed by atoms with Crippen LogP contribution in [0.15, 0.2) is 60.9 Å². The van der Waals surface area contributed by atoms with Crippen molar-refractivity contribution in [3.63, 3.8) is 0 Å². The molecule has 1 saturated carbocycles. The van der Waals surface area contributed by atoms with Crippen LogP contribution in [0.2, 0.25) is 0 Å². The molecule has 0 radical (unpaired) electrons. The molecule has 2 aliphatic heterocycles. The van der Waals surface area contributed by atoms with Gasteiger partial charge >= 0.3 is 6.09 Å². The Morgan fingerprint density at radius 2 is 1.62 bits per heavy atom. The van der Waals surface area contributed by atoms with Gasteiger partial charge in [0.15, 0.2) is 0 Å². The number of fused-ring (bicyclic) bond motifs is 1. The second-order valence-corrected chi connectivity index (χ2v) is 15.4. The van der Waals surface area contributed by atoms with Crippen LogP contribution >= 0.6 is 0 Å². The van der Waals surface area contributed by atoms with E-state index in [1.54, 1.807) is 19.1 Å². The van der Waals surface area contributed by atoms with Crippen molar-refractivity contribution in [1.82, 2.24) is 19.4 Å². The van der Waals surface area contributed by atoms with Crippen molar-refractivity contribution in [3.8, 4) is 28.4 Å². The Hall–Kier alpha value is -4.93. The Kier molecular flexibility index (Phi) is 9.71. The molecule has 7 rings (SSSR count). The Morgan fingerprint density at radius 3 is 2.27 bits per heavy atom. The molecule has 11 nitrogen and oxygen atoms in total. The molecule has 3 atom stereocenters. The maximum atomic E-state index is 13.3. The molecule has 0 spiro atoms. The first-order valence-corrected chi connectivity index (χ1v) is 18.4. The number of piperazine rings is 1. The maximum Gasteiger partial charge on any atom is 0.410 e. The first-order chi connectivity index (χ1) is 24.9. The van der Waals surface area contributed by atoms with E-state index < -0.39 is 5.60 Å². The molecule has 276 valence electrons. The van der Waals surface area contributed by atoms with E-state index in [-0.39, 0.29) is 30.1 Å². The van der Waals surface area contributed by atoms with Crippen LogP contribution in [0, 0.1) is 5.92 Å². The average Bonchev–Trinajstić information content (AvgIpc) is 3.77. The smallest absolute Gasteiger partial charge is 0.410 e. The minimum absolute atomic E-state index is 0.0411. The van der Waals surface area contributed by atoms with Gasteiger partial charge in [0.25, 0.3) is 0 Å². The third-order valence-electron chi connectivity index (χ3n) is 10.6. The summed E-state index contributed by atoms with van der Waals surface area (Å²) in [7, 11) is 3.35. The zero-order chi connectivity index (χ0) is 36.7. The highest BCUT2D eigenvalue weighted by Crippen LogP contribution is 2.45. The predicted octanol–water partition coefficient (Wildman–Crippen LogP) is 7.33. The molecule has 1 aliphatic carbocycles. The highest BCUT2D eigenvalue weighted by Gasteiger charge is 2.38. The highest BCUT2D eigenvalue weighted by atomic mass is 16.6. The SMILES string of the molecule is COc1ccc([C@@H](C)N2CC([C@@H](C)Oc3cc(-c4ccc(N5CCN(C(=O)OC(C)(C)C)CC5)c(OC)c4)cn4ncc(C5CC5)c34)CC2=O)cc1. The topological polar surface area (TPSA) is 98.1 Å². The Morgan fingerprint density at radius 1 is 0.904 bits per heavy atom. The van der Waals surface area contributed by atoms with Crippen LogP contribution in [-0.2, 0) is 9.53 Å². The fraction of sp³-hybridized carbons (Fsp3) is 0.488. The zero-order valence-electron chi connectivity index (χ0n) is 31.4. The normalized spacial score (nSPS) is 19.2. The van der Waals surface area contributed by atoms with E-state index in [1.807, 2.05) is 60.6 Å². The molecule has 3 fully saturated rings. The molecule has 0 N–H and O–H groups in total. The van der Waals surface area contributed by atoms with Crippen LogP contribution in [0.1, 0.15) is 77.0 Å². The van der Waals surface area contributed by atoms with Crippen molar-refractivity contribution in [3.05, 3.63) is 72.1 Å². The lowest BCUT2D eigenvalue weighted by Gasteiger charge is -2.37. The number of anilines is 1. The lowest BCUT2D eigenvalue weighted by molar-refractivity contribution is -0.129. The van der Waals surface area contributed by atoms with E-state index >= 15 is 0 Å². The minimum atomic E-state index is -0.525. The molecule has 52 heavy (non-hydrogen) atoms. The molecule has 2 amide bonds. The Bertz CT molecular complexity index is 1920. The van der Waals surface area contributed by atoms with Gasteiger partial charge in [-0.1, -0.05) is 18.2 Å². The number of nitrogens with zero attached hydrogens (tertiary/aromatic N) is 5. The van der Waals surface area contributed by atoms with Gasteiger partial charge in [0, 0.05) is 62.4 Å². The highest BCUT2D eigenvalue weighted by molar-refractivity contribution is 5.80. The first kappa shape index (κ1) is 35.5. The number of rotatable bonds is 10. The van der Waals surface area contributed by atoms with Gasteiger partial charge in [-0.25, -0.2) is 9.31 Å². The predicted molar refractivity (Wildman–Crippen MR) is 200 cm³/mol. The van der Waals surface area contributed by atoms with Crippen LogP contribution in [0.25, 0.3) is 16.6 Å². The number of pyridine rings is 1. The van der Waals surface area contributed by atoms with Gasteiger partial charge < -0.3 is 33.6 Å². The van der Waals surface area contributed by atoms with Crippen molar-refractivity contribution in [2.75, 3.05) is 51.8 Å². The first-order valence-electron chi connectivity index (χ1n) is 18.4. The van der Waals surface area contributed by atoms with E-state index in [4.69, 9.17) is 24.0 Å². The summed E-state index contributed by atoms with van der Waals surface area (Å²) in [6.45, 7) is 12.9. The molecule has 1 unspecified atom stereocenters. The van der Waals surface area contributed by atoms with E-state index in [0.717, 1.165) is 58.0 Å². The number of hydrogen-bond donors (Lipinski definition) is 0. The summed E-state index contributed by atoms with van der Waals surface area (Å²) in [5.74, 6) is 3.01. The molecular formula is C41H51N5O6. The van der Waals surface area contributed by atoms with Gasteiger partial charge in [0.2, 0.25) is 5.91 Å². The van der Waals surface area contributed by atoms with E-state index in [1.165, 1.54) is 5.56 Å². The lowest BCUT2D eigenvalue weighted by atomic mass is 10.0. The summed E-state index contributed by atoms with van der Waals surface area (Å²) in [6.07, 6.45) is 6.30. The fourth-order valence-corrected chi connectivity index (χ4v) is 7.43. The van der Waals surface area contributed by atoms with Crippen LogP contribution < -0.4 is 19.1 Å². The van der Waals surface area contributed by atoms with E-state index in [9.17, 15) is 9.59 Å². The Labute approximate surface area is 306 Å². The zero-order valence-corrected chi connectivity index (χ0v) is 31.4. The van der Waals surface area contributed by atoms with Crippen molar-refractivity contribution >= 4 is 23.2 Å².